The summed E-state index contributed by atoms with van der Waals surface area (Å²) in [7, 11) is 0. The van der Waals surface area contributed by atoms with E-state index in [1.165, 1.54) is 18.6 Å². The predicted octanol–water partition coefficient (Wildman–Crippen LogP) is 2.40. The molecule has 0 atom stereocenters. The van der Waals surface area contributed by atoms with E-state index in [0.717, 1.165) is 67.8 Å². The lowest BCUT2D eigenvalue weighted by atomic mass is 10.1. The molecule has 2 aliphatic rings. The number of aromatic nitrogens is 2. The van der Waals surface area contributed by atoms with E-state index in [2.05, 4.69) is 20.0 Å². The van der Waals surface area contributed by atoms with Gasteiger partial charge in [0.1, 0.15) is 10.8 Å². The fraction of sp³-hybridized carbons (Fsp3) is 0.550. The summed E-state index contributed by atoms with van der Waals surface area (Å²) in [5.41, 5.74) is 1.03. The highest BCUT2D eigenvalue weighted by molar-refractivity contribution is 7.15. The molecule has 0 bridgehead atoms. The van der Waals surface area contributed by atoms with Crippen LogP contribution in [0.1, 0.15) is 29.8 Å². The van der Waals surface area contributed by atoms with Crippen LogP contribution in [0.2, 0.25) is 0 Å². The predicted molar refractivity (Wildman–Crippen MR) is 108 cm³/mol. The van der Waals surface area contributed by atoms with Gasteiger partial charge in [-0.3, -0.25) is 9.69 Å². The van der Waals surface area contributed by atoms with Gasteiger partial charge in [0, 0.05) is 45.7 Å². The van der Waals surface area contributed by atoms with Crippen molar-refractivity contribution < 1.29 is 9.18 Å². The third-order valence-electron chi connectivity index (χ3n) is 5.44. The molecule has 2 fully saturated rings. The average molecular weight is 404 g/mol. The zero-order valence-corrected chi connectivity index (χ0v) is 16.8. The SMILES string of the molecule is O=C(CN1CCN(c2nnc(Cc3ccc(F)cc3)s2)CC1)N1CCCCC1. The molecule has 8 heteroatoms. The molecule has 0 spiro atoms. The van der Waals surface area contributed by atoms with Crippen LogP contribution in [0.3, 0.4) is 0 Å². The molecule has 2 aliphatic heterocycles. The van der Waals surface area contributed by atoms with Gasteiger partial charge in [0.15, 0.2) is 0 Å². The van der Waals surface area contributed by atoms with E-state index in [1.54, 1.807) is 23.5 Å². The lowest BCUT2D eigenvalue weighted by Crippen LogP contribution is -2.50. The minimum absolute atomic E-state index is 0.224. The van der Waals surface area contributed by atoms with Crippen LogP contribution in [0, 0.1) is 5.82 Å². The first-order chi connectivity index (χ1) is 13.7. The number of nitrogens with zero attached hydrogens (tertiary/aromatic N) is 5. The Hall–Kier alpha value is -2.06. The summed E-state index contributed by atoms with van der Waals surface area (Å²) in [4.78, 5) is 18.9. The van der Waals surface area contributed by atoms with Crippen LogP contribution in [0.15, 0.2) is 24.3 Å². The summed E-state index contributed by atoms with van der Waals surface area (Å²) in [5.74, 6) is 0.0454. The molecule has 0 radical (unpaired) electrons. The number of likely N-dealkylation sites (tertiary alicyclic amines) is 1. The summed E-state index contributed by atoms with van der Waals surface area (Å²) < 4.78 is 13.0. The second-order valence-electron chi connectivity index (χ2n) is 7.49. The monoisotopic (exact) mass is 403 g/mol. The zero-order chi connectivity index (χ0) is 19.3. The second-order valence-corrected chi connectivity index (χ2v) is 8.53. The van der Waals surface area contributed by atoms with Gasteiger partial charge in [-0.1, -0.05) is 23.5 Å². The van der Waals surface area contributed by atoms with Crippen molar-refractivity contribution in [3.63, 3.8) is 0 Å². The fourth-order valence-corrected chi connectivity index (χ4v) is 4.68. The van der Waals surface area contributed by atoms with Gasteiger partial charge in [0.25, 0.3) is 0 Å². The summed E-state index contributed by atoms with van der Waals surface area (Å²) >= 11 is 1.59. The van der Waals surface area contributed by atoms with Crippen LogP contribution in [-0.2, 0) is 11.2 Å². The molecule has 1 aromatic heterocycles. The van der Waals surface area contributed by atoms with E-state index in [-0.39, 0.29) is 11.7 Å². The summed E-state index contributed by atoms with van der Waals surface area (Å²) in [6, 6.07) is 6.52. The van der Waals surface area contributed by atoms with Gasteiger partial charge in [-0.2, -0.15) is 0 Å². The largest absolute Gasteiger partial charge is 0.344 e. The van der Waals surface area contributed by atoms with Gasteiger partial charge in [0.2, 0.25) is 11.0 Å². The molecule has 3 heterocycles. The number of benzene rings is 1. The Bertz CT molecular complexity index is 782. The molecular weight excluding hydrogens is 377 g/mol. The van der Waals surface area contributed by atoms with Gasteiger partial charge in [-0.05, 0) is 37.0 Å². The molecule has 1 amide bonds. The maximum atomic E-state index is 13.0. The summed E-state index contributed by atoms with van der Waals surface area (Å²) in [6.45, 7) is 5.82. The van der Waals surface area contributed by atoms with Gasteiger partial charge < -0.3 is 9.80 Å². The number of amides is 1. The fourth-order valence-electron chi connectivity index (χ4n) is 3.75. The maximum absolute atomic E-state index is 13.0. The van der Waals surface area contributed by atoms with E-state index < -0.39 is 0 Å². The third kappa shape index (κ3) is 4.86. The van der Waals surface area contributed by atoms with Crippen LogP contribution in [0.5, 0.6) is 0 Å². The van der Waals surface area contributed by atoms with Crippen LogP contribution >= 0.6 is 11.3 Å². The lowest BCUT2D eigenvalue weighted by molar-refractivity contribution is -0.133. The van der Waals surface area contributed by atoms with Crippen LogP contribution < -0.4 is 4.90 Å². The highest BCUT2D eigenvalue weighted by atomic mass is 32.1. The second kappa shape index (κ2) is 8.96. The van der Waals surface area contributed by atoms with E-state index in [1.807, 2.05) is 4.90 Å². The van der Waals surface area contributed by atoms with Gasteiger partial charge in [-0.25, -0.2) is 4.39 Å². The van der Waals surface area contributed by atoms with E-state index in [4.69, 9.17) is 0 Å². The molecule has 28 heavy (non-hydrogen) atoms. The topological polar surface area (TPSA) is 52.6 Å². The Kier molecular flexibility index (Phi) is 6.17. The van der Waals surface area contributed by atoms with Crippen molar-refractivity contribution in [2.45, 2.75) is 25.7 Å². The molecule has 0 N–H and O–H groups in total. The van der Waals surface area contributed by atoms with E-state index in [0.29, 0.717) is 13.0 Å². The van der Waals surface area contributed by atoms with Crippen molar-refractivity contribution in [3.8, 4) is 0 Å². The first-order valence-electron chi connectivity index (χ1n) is 9.99. The molecular formula is C20H26FN5OS. The van der Waals surface area contributed by atoms with Crippen LogP contribution in [0.4, 0.5) is 9.52 Å². The van der Waals surface area contributed by atoms with Crippen molar-refractivity contribution in [3.05, 3.63) is 40.7 Å². The number of hydrogen-bond acceptors (Lipinski definition) is 6. The maximum Gasteiger partial charge on any atom is 0.236 e. The molecule has 0 aliphatic carbocycles. The number of piperazine rings is 1. The molecule has 0 saturated carbocycles. The molecule has 2 aromatic rings. The smallest absolute Gasteiger partial charge is 0.236 e. The quantitative estimate of drug-likeness (QED) is 0.767. The minimum Gasteiger partial charge on any atom is -0.344 e. The number of hydrogen-bond donors (Lipinski definition) is 0. The molecule has 4 rings (SSSR count). The van der Waals surface area contributed by atoms with Crippen molar-refractivity contribution in [2.24, 2.45) is 0 Å². The van der Waals surface area contributed by atoms with Crippen LogP contribution in [0.25, 0.3) is 0 Å². The molecule has 2 saturated heterocycles. The highest BCUT2D eigenvalue weighted by Gasteiger charge is 2.24. The van der Waals surface area contributed by atoms with Crippen molar-refractivity contribution in [2.75, 3.05) is 50.7 Å². The molecule has 150 valence electrons. The number of halogens is 1. The summed E-state index contributed by atoms with van der Waals surface area (Å²) in [5, 5.41) is 10.5. The Labute approximate surface area is 169 Å². The number of piperidine rings is 1. The van der Waals surface area contributed by atoms with Crippen molar-refractivity contribution >= 4 is 22.4 Å². The minimum atomic E-state index is -0.224. The van der Waals surface area contributed by atoms with Crippen LogP contribution in [-0.4, -0.2) is 71.7 Å². The Morgan fingerprint density at radius 2 is 1.68 bits per heavy atom. The molecule has 6 nitrogen and oxygen atoms in total. The van der Waals surface area contributed by atoms with Crippen molar-refractivity contribution in [1.29, 1.82) is 0 Å². The Morgan fingerprint density at radius 3 is 2.39 bits per heavy atom. The van der Waals surface area contributed by atoms with Crippen molar-refractivity contribution in [1.82, 2.24) is 20.0 Å². The standard InChI is InChI=1S/C20H26FN5OS/c21-17-6-4-16(5-7-17)14-18-22-23-20(28-18)26-12-10-24(11-13-26)15-19(27)25-8-2-1-3-9-25/h4-7H,1-3,8-15H2. The third-order valence-corrected chi connectivity index (χ3v) is 6.42. The normalized spacial score (nSPS) is 18.5. The Balaban J connectivity index is 1.26. The molecule has 1 aromatic carbocycles. The van der Waals surface area contributed by atoms with Gasteiger partial charge in [0.05, 0.1) is 6.54 Å². The number of carbonyl (C=O) groups is 1. The Morgan fingerprint density at radius 1 is 0.964 bits per heavy atom. The first-order valence-corrected chi connectivity index (χ1v) is 10.8. The highest BCUT2D eigenvalue weighted by Crippen LogP contribution is 2.23. The van der Waals surface area contributed by atoms with E-state index >= 15 is 0 Å². The van der Waals surface area contributed by atoms with Gasteiger partial charge >= 0.3 is 0 Å². The summed E-state index contributed by atoms with van der Waals surface area (Å²) in [6.07, 6.45) is 4.18. The zero-order valence-electron chi connectivity index (χ0n) is 16.0. The van der Waals surface area contributed by atoms with Gasteiger partial charge in [-0.15, -0.1) is 10.2 Å². The first kappa shape index (κ1) is 19.3. The number of anilines is 1. The average Bonchev–Trinajstić information content (AvgIpc) is 3.19. The number of rotatable bonds is 5. The number of carbonyl (C=O) groups excluding carboxylic acids is 1. The lowest BCUT2D eigenvalue weighted by Gasteiger charge is -2.35. The van der Waals surface area contributed by atoms with E-state index in [9.17, 15) is 9.18 Å². The molecule has 0 unspecified atom stereocenters.